The van der Waals surface area contributed by atoms with Crippen LogP contribution >= 0.6 is 0 Å². The van der Waals surface area contributed by atoms with Gasteiger partial charge in [0, 0.05) is 35.6 Å². The summed E-state index contributed by atoms with van der Waals surface area (Å²) in [4.78, 5) is 25.1. The Kier molecular flexibility index (Phi) is 12.5. The average molecular weight is 615 g/mol. The van der Waals surface area contributed by atoms with Gasteiger partial charge in [-0.1, -0.05) is 42.5 Å². The molecule has 11 heteroatoms. The number of benzene rings is 2. The quantitative estimate of drug-likeness (QED) is 0.166. The van der Waals surface area contributed by atoms with Crippen molar-refractivity contribution in [1.29, 1.82) is 0 Å². The van der Waals surface area contributed by atoms with Crippen molar-refractivity contribution in [2.45, 2.75) is 71.2 Å². The number of nitrogens with one attached hydrogen (secondary N) is 1. The first-order valence-electron chi connectivity index (χ1n) is 14.4. The summed E-state index contributed by atoms with van der Waals surface area (Å²) >= 11 is 0. The molecular formula is C33H40FN4NaO5. The zero-order valence-corrected chi connectivity index (χ0v) is 24.9. The number of nitrogens with zero attached hydrogens (tertiary/aromatic N) is 3. The molecule has 1 amide bonds. The van der Waals surface area contributed by atoms with E-state index < -0.39 is 24.6 Å². The van der Waals surface area contributed by atoms with E-state index in [4.69, 9.17) is 5.11 Å². The van der Waals surface area contributed by atoms with Gasteiger partial charge in [-0.15, -0.1) is 0 Å². The van der Waals surface area contributed by atoms with Gasteiger partial charge in [0.05, 0.1) is 30.9 Å². The fourth-order valence-electron chi connectivity index (χ4n) is 5.49. The number of carboxylic acid groups (broad SMARTS) is 1. The summed E-state index contributed by atoms with van der Waals surface area (Å²) in [5.41, 5.74) is 5.84. The Balaban J connectivity index is 0.00000529. The molecule has 2 aromatic carbocycles. The van der Waals surface area contributed by atoms with Crippen LogP contribution in [-0.2, 0) is 24.8 Å². The van der Waals surface area contributed by atoms with Crippen LogP contribution in [0.1, 0.15) is 66.7 Å². The van der Waals surface area contributed by atoms with E-state index >= 15 is 0 Å². The summed E-state index contributed by atoms with van der Waals surface area (Å²) < 4.78 is 17.8. The third-order valence-electron chi connectivity index (χ3n) is 7.50. The number of amides is 1. The number of aryl methyl sites for hydroxylation is 2. The Labute approximate surface area is 279 Å². The third kappa shape index (κ3) is 8.46. The molecule has 0 fully saturated rings. The molecule has 0 radical (unpaired) electrons. The number of carbonyl (C=O) groups excluding carboxylic acids is 1. The van der Waals surface area contributed by atoms with Crippen molar-refractivity contribution in [2.75, 3.05) is 0 Å². The Hall–Kier alpha value is -3.28. The van der Waals surface area contributed by atoms with E-state index in [-0.39, 0.29) is 66.7 Å². The average Bonchev–Trinajstić information content (AvgIpc) is 3.47. The van der Waals surface area contributed by atoms with Crippen LogP contribution in [0, 0.1) is 12.7 Å². The molecule has 0 aliphatic carbocycles. The number of hydrogen-bond acceptors (Lipinski definition) is 5. The minimum atomic E-state index is -1.18. The molecule has 0 unspecified atom stereocenters. The van der Waals surface area contributed by atoms with Crippen molar-refractivity contribution >= 4 is 41.4 Å². The van der Waals surface area contributed by atoms with Crippen LogP contribution in [0.2, 0.25) is 0 Å². The molecule has 4 N–H and O–H groups in total. The van der Waals surface area contributed by atoms with Crippen LogP contribution in [0.15, 0.2) is 60.7 Å². The van der Waals surface area contributed by atoms with E-state index in [1.54, 1.807) is 16.8 Å². The normalized spacial score (nSPS) is 12.5. The number of carboxylic acids is 1. The molecule has 0 spiro atoms. The number of aliphatic hydroxyl groups excluding tert-OH is 2. The van der Waals surface area contributed by atoms with Crippen LogP contribution in [0.25, 0.3) is 22.3 Å². The number of aliphatic carboxylic acids is 1. The van der Waals surface area contributed by atoms with Crippen LogP contribution in [-0.4, -0.2) is 83.3 Å². The molecule has 44 heavy (non-hydrogen) atoms. The van der Waals surface area contributed by atoms with Crippen molar-refractivity contribution in [3.8, 4) is 22.3 Å². The van der Waals surface area contributed by atoms with Crippen LogP contribution in [0.4, 0.5) is 4.39 Å². The number of aliphatic hydroxyl groups is 2. The van der Waals surface area contributed by atoms with Crippen molar-refractivity contribution in [2.24, 2.45) is 7.05 Å². The van der Waals surface area contributed by atoms with Crippen molar-refractivity contribution in [3.63, 3.8) is 0 Å². The molecule has 2 aromatic heterocycles. The first-order valence-corrected chi connectivity index (χ1v) is 14.4. The van der Waals surface area contributed by atoms with Gasteiger partial charge in [0.2, 0.25) is 0 Å². The molecule has 2 atom stereocenters. The summed E-state index contributed by atoms with van der Waals surface area (Å²) in [5, 5.41) is 37.3. The van der Waals surface area contributed by atoms with Gasteiger partial charge < -0.3 is 25.2 Å². The van der Waals surface area contributed by atoms with Gasteiger partial charge in [-0.25, -0.2) is 4.39 Å². The SMILES string of the molecule is Cc1cc(CNC(=O)c2c(-c3ccccc3)c(-c3ccc(F)cc3)c(CC[C@@H](O)C[C@@H](O)CC(=O)O)n2C(C)C)nn1C.[NaH]. The van der Waals surface area contributed by atoms with E-state index in [1.165, 1.54) is 12.1 Å². The Bertz CT molecular complexity index is 1550. The van der Waals surface area contributed by atoms with E-state index in [9.17, 15) is 24.2 Å². The van der Waals surface area contributed by atoms with Gasteiger partial charge in [-0.3, -0.25) is 14.3 Å². The van der Waals surface area contributed by atoms with E-state index in [0.29, 0.717) is 23.2 Å². The molecule has 9 nitrogen and oxygen atoms in total. The summed E-state index contributed by atoms with van der Waals surface area (Å²) in [5.74, 6) is -1.83. The number of aromatic nitrogens is 3. The van der Waals surface area contributed by atoms with Gasteiger partial charge in [-0.05, 0) is 69.4 Å². The topological polar surface area (TPSA) is 130 Å². The van der Waals surface area contributed by atoms with E-state index in [1.807, 2.05) is 68.8 Å². The third-order valence-corrected chi connectivity index (χ3v) is 7.50. The second-order valence-electron chi connectivity index (χ2n) is 11.1. The molecule has 0 aliphatic heterocycles. The van der Waals surface area contributed by atoms with Gasteiger partial charge in [0.25, 0.3) is 5.91 Å². The fraction of sp³-hybridized carbons (Fsp3) is 0.364. The molecule has 4 aromatic rings. The summed E-state index contributed by atoms with van der Waals surface area (Å²) in [6.45, 7) is 6.10. The predicted octanol–water partition coefficient (Wildman–Crippen LogP) is 4.38. The van der Waals surface area contributed by atoms with Gasteiger partial charge >= 0.3 is 35.5 Å². The second kappa shape index (κ2) is 15.6. The second-order valence-corrected chi connectivity index (χ2v) is 11.1. The molecule has 0 bridgehead atoms. The van der Waals surface area contributed by atoms with Crippen LogP contribution < -0.4 is 5.32 Å². The van der Waals surface area contributed by atoms with Gasteiger partial charge in [-0.2, -0.15) is 5.10 Å². The monoisotopic (exact) mass is 614 g/mol. The zero-order chi connectivity index (χ0) is 31.3. The summed E-state index contributed by atoms with van der Waals surface area (Å²) in [6, 6.07) is 17.4. The van der Waals surface area contributed by atoms with Crippen molar-refractivity contribution < 1.29 is 29.3 Å². The summed E-state index contributed by atoms with van der Waals surface area (Å²) in [7, 11) is 1.84. The number of halogens is 1. The van der Waals surface area contributed by atoms with Crippen molar-refractivity contribution in [1.82, 2.24) is 19.7 Å². The number of rotatable bonds is 13. The molecule has 2 heterocycles. The maximum atomic E-state index is 14.1. The van der Waals surface area contributed by atoms with Gasteiger partial charge in [0.1, 0.15) is 11.5 Å². The number of carbonyl (C=O) groups is 2. The van der Waals surface area contributed by atoms with E-state index in [0.717, 1.165) is 28.2 Å². The summed E-state index contributed by atoms with van der Waals surface area (Å²) in [6.07, 6.45) is -2.18. The zero-order valence-electron chi connectivity index (χ0n) is 24.9. The Morgan fingerprint density at radius 2 is 1.61 bits per heavy atom. The Morgan fingerprint density at radius 3 is 2.18 bits per heavy atom. The first kappa shape index (κ1) is 35.2. The van der Waals surface area contributed by atoms with E-state index in [2.05, 4.69) is 10.4 Å². The first-order chi connectivity index (χ1) is 20.5. The standard InChI is InChI=1S/C33H39FN4O5.Na.H/c1-20(2)38-28(15-14-26(39)17-27(40)18-29(41)42)30(23-10-12-24(34)13-11-23)31(22-8-6-5-7-9-22)32(38)33(43)35-19-25-16-21(3)37(4)36-25;;/h5-13,16,20,26-27,39-40H,14-15,17-19H2,1-4H3,(H,35,43)(H,41,42);;/t26-,27-;;/m1../s1. The molecule has 0 saturated heterocycles. The van der Waals surface area contributed by atoms with Crippen LogP contribution in [0.5, 0.6) is 0 Å². The number of hydrogen-bond donors (Lipinski definition) is 4. The Morgan fingerprint density at radius 1 is 0.977 bits per heavy atom. The van der Waals surface area contributed by atoms with Crippen molar-refractivity contribution in [3.05, 3.63) is 89.3 Å². The molecular weight excluding hydrogens is 574 g/mol. The van der Waals surface area contributed by atoms with Gasteiger partial charge in [0.15, 0.2) is 0 Å². The molecule has 230 valence electrons. The van der Waals surface area contributed by atoms with Crippen LogP contribution in [0.3, 0.4) is 0 Å². The maximum absolute atomic E-state index is 14.1. The molecule has 0 saturated carbocycles. The molecule has 0 aliphatic rings. The predicted molar refractivity (Wildman–Crippen MR) is 169 cm³/mol. The molecule has 4 rings (SSSR count). The fourth-order valence-corrected chi connectivity index (χ4v) is 5.49. The minimum absolute atomic E-state index is 0.